The Labute approximate surface area is 67.4 Å². The molecule has 2 nitrogen and oxygen atoms in total. The van der Waals surface area contributed by atoms with Gasteiger partial charge in [0, 0.05) is 12.6 Å². The monoisotopic (exact) mass is 176 g/mol. The molecule has 0 fully saturated rings. The van der Waals surface area contributed by atoms with E-state index >= 15 is 0 Å². The summed E-state index contributed by atoms with van der Waals surface area (Å²) in [4.78, 5) is 3.39. The van der Waals surface area contributed by atoms with Crippen molar-refractivity contribution in [1.82, 2.24) is 4.98 Å². The molecule has 1 aromatic rings. The van der Waals surface area contributed by atoms with E-state index in [0.29, 0.717) is 6.07 Å². The van der Waals surface area contributed by atoms with Gasteiger partial charge < -0.3 is 5.32 Å². The molecular formula is C7H7F3N2. The highest BCUT2D eigenvalue weighted by Crippen LogP contribution is 2.10. The van der Waals surface area contributed by atoms with Crippen molar-refractivity contribution in [1.29, 1.82) is 0 Å². The Morgan fingerprint density at radius 3 is 2.75 bits per heavy atom. The minimum absolute atomic E-state index is 0.0322. The lowest BCUT2D eigenvalue weighted by Crippen LogP contribution is -2.06. The Morgan fingerprint density at radius 1 is 1.42 bits per heavy atom. The fraction of sp³-hybridized carbons (Fsp3) is 0.286. The molecule has 66 valence electrons. The van der Waals surface area contributed by atoms with Crippen LogP contribution in [0.5, 0.6) is 0 Å². The number of aromatic nitrogens is 1. The Bertz CT molecular complexity index is 265. The van der Waals surface area contributed by atoms with Crippen LogP contribution >= 0.6 is 0 Å². The molecule has 0 aliphatic heterocycles. The molecule has 5 heteroatoms. The summed E-state index contributed by atoms with van der Waals surface area (Å²) in [5.41, 5.74) is 0. The third-order valence-corrected chi connectivity index (χ3v) is 1.19. The zero-order valence-electron chi connectivity index (χ0n) is 6.15. The fourth-order valence-electron chi connectivity index (χ4n) is 0.710. The molecule has 0 aliphatic rings. The Morgan fingerprint density at radius 2 is 2.17 bits per heavy atom. The molecule has 0 radical (unpaired) electrons. The minimum Gasteiger partial charge on any atom is -0.365 e. The highest BCUT2D eigenvalue weighted by atomic mass is 19.1. The van der Waals surface area contributed by atoms with E-state index < -0.39 is 18.3 Å². The van der Waals surface area contributed by atoms with E-state index in [9.17, 15) is 13.2 Å². The number of hydrogen-bond donors (Lipinski definition) is 1. The van der Waals surface area contributed by atoms with Gasteiger partial charge in [-0.2, -0.15) is 0 Å². The summed E-state index contributed by atoms with van der Waals surface area (Å²) in [7, 11) is 0. The second-order valence-corrected chi connectivity index (χ2v) is 2.10. The van der Waals surface area contributed by atoms with Crippen molar-refractivity contribution in [3.05, 3.63) is 23.9 Å². The zero-order chi connectivity index (χ0) is 8.97. The number of nitrogens with one attached hydrogen (secondary N) is 1. The molecule has 0 saturated heterocycles. The van der Waals surface area contributed by atoms with Gasteiger partial charge in [-0.1, -0.05) is 0 Å². The van der Waals surface area contributed by atoms with Crippen LogP contribution in [0.3, 0.4) is 0 Å². The highest BCUT2D eigenvalue weighted by Gasteiger charge is 2.03. The second kappa shape index (κ2) is 3.94. The number of anilines is 1. The van der Waals surface area contributed by atoms with E-state index in [-0.39, 0.29) is 12.4 Å². The quantitative estimate of drug-likeness (QED) is 0.758. The third-order valence-electron chi connectivity index (χ3n) is 1.19. The van der Waals surface area contributed by atoms with Crippen LogP contribution < -0.4 is 5.32 Å². The van der Waals surface area contributed by atoms with Gasteiger partial charge in [-0.15, -0.1) is 0 Å². The van der Waals surface area contributed by atoms with Gasteiger partial charge in [0.1, 0.15) is 12.5 Å². The summed E-state index contributed by atoms with van der Waals surface area (Å²) >= 11 is 0. The lowest BCUT2D eigenvalue weighted by atomic mass is 10.4. The van der Waals surface area contributed by atoms with Crippen LogP contribution in [0.15, 0.2) is 12.3 Å². The molecule has 0 saturated carbocycles. The van der Waals surface area contributed by atoms with Crippen molar-refractivity contribution in [2.45, 2.75) is 0 Å². The smallest absolute Gasteiger partial charge is 0.168 e. The first-order valence-corrected chi connectivity index (χ1v) is 3.35. The summed E-state index contributed by atoms with van der Waals surface area (Å²) in [6.45, 7) is -0.659. The molecule has 0 amide bonds. The van der Waals surface area contributed by atoms with E-state index in [1.165, 1.54) is 0 Å². The van der Waals surface area contributed by atoms with Crippen molar-refractivity contribution in [3.63, 3.8) is 0 Å². The van der Waals surface area contributed by atoms with Gasteiger partial charge in [-0.25, -0.2) is 18.2 Å². The first-order chi connectivity index (χ1) is 5.74. The van der Waals surface area contributed by atoms with E-state index in [2.05, 4.69) is 10.3 Å². The maximum absolute atomic E-state index is 12.7. The van der Waals surface area contributed by atoms with Crippen LogP contribution in [-0.2, 0) is 0 Å². The van der Waals surface area contributed by atoms with Crippen LogP contribution in [0, 0.1) is 11.6 Å². The number of rotatable bonds is 3. The largest absolute Gasteiger partial charge is 0.365 e. The normalized spacial score (nSPS) is 9.92. The summed E-state index contributed by atoms with van der Waals surface area (Å²) in [5.74, 6) is -1.70. The van der Waals surface area contributed by atoms with Crippen molar-refractivity contribution in [3.8, 4) is 0 Å². The molecule has 0 bridgehead atoms. The first-order valence-electron chi connectivity index (χ1n) is 3.35. The maximum Gasteiger partial charge on any atom is 0.168 e. The van der Waals surface area contributed by atoms with E-state index in [4.69, 9.17) is 0 Å². The number of nitrogens with zero attached hydrogens (tertiary/aromatic N) is 1. The van der Waals surface area contributed by atoms with Gasteiger partial charge in [-0.3, -0.25) is 0 Å². The van der Waals surface area contributed by atoms with Crippen LogP contribution in [0.2, 0.25) is 0 Å². The minimum atomic E-state index is -0.816. The average molecular weight is 176 g/mol. The van der Waals surface area contributed by atoms with Gasteiger partial charge in [0.25, 0.3) is 0 Å². The van der Waals surface area contributed by atoms with Gasteiger partial charge in [-0.05, 0) is 0 Å². The SMILES string of the molecule is FCCNc1ncc(F)cc1F. The molecule has 1 rings (SSSR count). The van der Waals surface area contributed by atoms with Crippen molar-refractivity contribution >= 4 is 5.82 Å². The molecule has 0 aromatic carbocycles. The highest BCUT2D eigenvalue weighted by molar-refractivity contribution is 5.35. The molecule has 0 unspecified atom stereocenters. The second-order valence-electron chi connectivity index (χ2n) is 2.10. The molecule has 12 heavy (non-hydrogen) atoms. The van der Waals surface area contributed by atoms with Gasteiger partial charge in [0.2, 0.25) is 0 Å². The lowest BCUT2D eigenvalue weighted by molar-refractivity contribution is 0.510. The van der Waals surface area contributed by atoms with Gasteiger partial charge in [0.05, 0.1) is 6.20 Å². The summed E-state index contributed by atoms with van der Waals surface area (Å²) in [5, 5.41) is 2.36. The van der Waals surface area contributed by atoms with Crippen molar-refractivity contribution < 1.29 is 13.2 Å². The summed E-state index contributed by atoms with van der Waals surface area (Å²) < 4.78 is 36.6. The molecule has 0 atom stereocenters. The Balaban J connectivity index is 2.72. The standard InChI is InChI=1S/C7H7F3N2/c8-1-2-11-7-6(10)3-5(9)4-12-7/h3-4H,1-2H2,(H,11,12). The van der Waals surface area contributed by atoms with E-state index in [0.717, 1.165) is 6.20 Å². The van der Waals surface area contributed by atoms with Gasteiger partial charge in [0.15, 0.2) is 11.6 Å². The summed E-state index contributed by atoms with van der Waals surface area (Å²) in [6.07, 6.45) is 0.865. The number of halogens is 3. The third kappa shape index (κ3) is 2.11. The Kier molecular flexibility index (Phi) is 2.90. The van der Waals surface area contributed by atoms with E-state index in [1.807, 2.05) is 0 Å². The molecule has 1 N–H and O–H groups in total. The van der Waals surface area contributed by atoms with Crippen LogP contribution in [0.25, 0.3) is 0 Å². The van der Waals surface area contributed by atoms with Gasteiger partial charge >= 0.3 is 0 Å². The first kappa shape index (κ1) is 8.83. The van der Waals surface area contributed by atoms with Crippen LogP contribution in [0.1, 0.15) is 0 Å². The average Bonchev–Trinajstić information content (AvgIpc) is 2.03. The number of hydrogen-bond acceptors (Lipinski definition) is 2. The predicted octanol–water partition coefficient (Wildman–Crippen LogP) is 1.74. The topological polar surface area (TPSA) is 24.9 Å². The van der Waals surface area contributed by atoms with Crippen LogP contribution in [-0.4, -0.2) is 18.2 Å². The molecule has 1 aromatic heterocycles. The predicted molar refractivity (Wildman–Crippen MR) is 38.6 cm³/mol. The molecule has 1 heterocycles. The fourth-order valence-corrected chi connectivity index (χ4v) is 0.710. The molecular weight excluding hydrogens is 169 g/mol. The Hall–Kier alpha value is -1.26. The van der Waals surface area contributed by atoms with Crippen molar-refractivity contribution in [2.75, 3.05) is 18.5 Å². The van der Waals surface area contributed by atoms with Crippen LogP contribution in [0.4, 0.5) is 19.0 Å². The molecule has 0 aliphatic carbocycles. The number of pyridine rings is 1. The van der Waals surface area contributed by atoms with Crippen molar-refractivity contribution in [2.24, 2.45) is 0 Å². The zero-order valence-corrected chi connectivity index (χ0v) is 6.15. The maximum atomic E-state index is 12.7. The van der Waals surface area contributed by atoms with E-state index in [1.54, 1.807) is 0 Å². The number of alkyl halides is 1. The lowest BCUT2D eigenvalue weighted by Gasteiger charge is -2.02. The summed E-state index contributed by atoms with van der Waals surface area (Å²) in [6, 6.07) is 0.688. The molecule has 0 spiro atoms.